The summed E-state index contributed by atoms with van der Waals surface area (Å²) in [6.45, 7) is 3.49. The number of aromatic amines is 1. The van der Waals surface area contributed by atoms with Crippen molar-refractivity contribution in [2.24, 2.45) is 0 Å². The lowest BCUT2D eigenvalue weighted by Crippen LogP contribution is -2.38. The molecule has 0 saturated heterocycles. The van der Waals surface area contributed by atoms with Crippen LogP contribution >= 0.6 is 0 Å². The van der Waals surface area contributed by atoms with Gasteiger partial charge in [-0.15, -0.1) is 0 Å². The molecule has 0 spiro atoms. The second-order valence-corrected chi connectivity index (χ2v) is 6.44. The number of aromatic nitrogens is 2. The maximum atomic E-state index is 12.4. The van der Waals surface area contributed by atoms with E-state index in [-0.39, 0.29) is 24.9 Å². The summed E-state index contributed by atoms with van der Waals surface area (Å²) in [5, 5.41) is 5.24. The fourth-order valence-electron chi connectivity index (χ4n) is 2.73. The second kappa shape index (κ2) is 10.2. The summed E-state index contributed by atoms with van der Waals surface area (Å²) in [7, 11) is 0. The molecular formula is C20H25N3O5. The van der Waals surface area contributed by atoms with Crippen molar-refractivity contribution in [2.45, 2.75) is 51.8 Å². The van der Waals surface area contributed by atoms with E-state index in [0.29, 0.717) is 0 Å². The highest BCUT2D eigenvalue weighted by Gasteiger charge is 2.21. The van der Waals surface area contributed by atoms with Crippen LogP contribution in [0.2, 0.25) is 0 Å². The number of esters is 1. The molecule has 1 heterocycles. The number of rotatable bonds is 9. The van der Waals surface area contributed by atoms with Crippen LogP contribution in [0.4, 0.5) is 0 Å². The molecule has 1 aromatic heterocycles. The molecule has 0 aliphatic heterocycles. The van der Waals surface area contributed by atoms with Gasteiger partial charge in [-0.2, -0.15) is 0 Å². The molecular weight excluding hydrogens is 362 g/mol. The lowest BCUT2D eigenvalue weighted by molar-refractivity contribution is -0.155. The standard InChI is InChI=1S/C20H25N3O5/c1-3-7-16(15-8-5-4-6-9-15)21-20(27)14(2)28-19(26)12-13-23-18(25)11-10-17(24)22-23/h4-6,8-11,14,16H,3,7,12-13H2,1-2H3,(H,21,27)(H,22,24)/t14-,16+/m1/s1. The molecule has 0 saturated carbocycles. The van der Waals surface area contributed by atoms with Gasteiger partial charge < -0.3 is 10.1 Å². The molecule has 8 heteroatoms. The summed E-state index contributed by atoms with van der Waals surface area (Å²) in [6, 6.07) is 11.7. The van der Waals surface area contributed by atoms with Crippen LogP contribution in [0.15, 0.2) is 52.1 Å². The van der Waals surface area contributed by atoms with E-state index in [1.54, 1.807) is 0 Å². The van der Waals surface area contributed by atoms with Crippen molar-refractivity contribution in [1.82, 2.24) is 15.1 Å². The van der Waals surface area contributed by atoms with Crippen molar-refractivity contribution in [1.29, 1.82) is 0 Å². The Kier molecular flexibility index (Phi) is 7.74. The molecule has 2 atom stereocenters. The number of hydrogen-bond acceptors (Lipinski definition) is 5. The fraction of sp³-hybridized carbons (Fsp3) is 0.400. The minimum absolute atomic E-state index is 0.0371. The summed E-state index contributed by atoms with van der Waals surface area (Å²) in [6.07, 6.45) is 0.537. The number of carbonyl (C=O) groups is 2. The van der Waals surface area contributed by atoms with Crippen molar-refractivity contribution < 1.29 is 14.3 Å². The Labute approximate surface area is 162 Å². The van der Waals surface area contributed by atoms with Gasteiger partial charge in [0.25, 0.3) is 17.0 Å². The van der Waals surface area contributed by atoms with Crippen LogP contribution in [-0.4, -0.2) is 27.8 Å². The van der Waals surface area contributed by atoms with Gasteiger partial charge in [0.15, 0.2) is 6.10 Å². The first-order chi connectivity index (χ1) is 13.4. The molecule has 0 radical (unpaired) electrons. The third kappa shape index (κ3) is 6.22. The molecule has 0 aliphatic carbocycles. The Bertz CT molecular complexity index is 904. The van der Waals surface area contributed by atoms with E-state index in [9.17, 15) is 19.2 Å². The first kappa shape index (κ1) is 21.1. The largest absolute Gasteiger partial charge is 0.452 e. The number of aryl methyl sites for hydroxylation is 1. The predicted molar refractivity (Wildman–Crippen MR) is 104 cm³/mol. The van der Waals surface area contributed by atoms with Gasteiger partial charge in [0.05, 0.1) is 19.0 Å². The van der Waals surface area contributed by atoms with Gasteiger partial charge in [0.2, 0.25) is 0 Å². The maximum Gasteiger partial charge on any atom is 0.308 e. The number of hydrogen-bond donors (Lipinski definition) is 2. The van der Waals surface area contributed by atoms with Crippen LogP contribution < -0.4 is 16.4 Å². The highest BCUT2D eigenvalue weighted by molar-refractivity contribution is 5.83. The van der Waals surface area contributed by atoms with Crippen LogP contribution in [-0.2, 0) is 20.9 Å². The topological polar surface area (TPSA) is 110 Å². The van der Waals surface area contributed by atoms with E-state index in [2.05, 4.69) is 10.4 Å². The fourth-order valence-corrected chi connectivity index (χ4v) is 2.73. The van der Waals surface area contributed by atoms with Gasteiger partial charge in [-0.05, 0) is 18.9 Å². The average Bonchev–Trinajstić information content (AvgIpc) is 2.68. The van der Waals surface area contributed by atoms with Crippen molar-refractivity contribution in [2.75, 3.05) is 0 Å². The Balaban J connectivity index is 1.89. The van der Waals surface area contributed by atoms with Gasteiger partial charge in [-0.25, -0.2) is 4.68 Å². The van der Waals surface area contributed by atoms with Crippen LogP contribution in [0.1, 0.15) is 44.7 Å². The highest BCUT2D eigenvalue weighted by Crippen LogP contribution is 2.18. The third-order valence-corrected chi connectivity index (χ3v) is 4.20. The lowest BCUT2D eigenvalue weighted by atomic mass is 10.0. The lowest BCUT2D eigenvalue weighted by Gasteiger charge is -2.21. The van der Waals surface area contributed by atoms with Crippen molar-refractivity contribution in [3.05, 3.63) is 68.7 Å². The quantitative estimate of drug-likeness (QED) is 0.634. The van der Waals surface area contributed by atoms with E-state index >= 15 is 0 Å². The van der Waals surface area contributed by atoms with E-state index in [0.717, 1.165) is 35.2 Å². The van der Waals surface area contributed by atoms with Crippen LogP contribution in [0.5, 0.6) is 0 Å². The zero-order valence-corrected chi connectivity index (χ0v) is 16.0. The van der Waals surface area contributed by atoms with E-state index in [4.69, 9.17) is 4.74 Å². The monoisotopic (exact) mass is 387 g/mol. The Hall–Kier alpha value is -3.16. The van der Waals surface area contributed by atoms with Crippen LogP contribution in [0.25, 0.3) is 0 Å². The third-order valence-electron chi connectivity index (χ3n) is 4.20. The second-order valence-electron chi connectivity index (χ2n) is 6.44. The van der Waals surface area contributed by atoms with Gasteiger partial charge in [0.1, 0.15) is 0 Å². The number of ether oxygens (including phenoxy) is 1. The summed E-state index contributed by atoms with van der Waals surface area (Å²) in [4.78, 5) is 47.3. The Morgan fingerprint density at radius 1 is 1.14 bits per heavy atom. The smallest absolute Gasteiger partial charge is 0.308 e. The van der Waals surface area contributed by atoms with Gasteiger partial charge >= 0.3 is 5.97 Å². The summed E-state index contributed by atoms with van der Waals surface area (Å²) >= 11 is 0. The van der Waals surface area contributed by atoms with Crippen molar-refractivity contribution in [3.8, 4) is 0 Å². The van der Waals surface area contributed by atoms with Gasteiger partial charge in [-0.3, -0.25) is 24.3 Å². The Morgan fingerprint density at radius 2 is 1.86 bits per heavy atom. The van der Waals surface area contributed by atoms with Crippen LogP contribution in [0.3, 0.4) is 0 Å². The molecule has 1 amide bonds. The maximum absolute atomic E-state index is 12.4. The molecule has 2 rings (SSSR count). The zero-order valence-electron chi connectivity index (χ0n) is 16.0. The normalized spacial score (nSPS) is 12.8. The molecule has 1 aromatic carbocycles. The van der Waals surface area contributed by atoms with Gasteiger partial charge in [0, 0.05) is 12.1 Å². The molecule has 150 valence electrons. The molecule has 0 unspecified atom stereocenters. The molecule has 28 heavy (non-hydrogen) atoms. The van der Waals surface area contributed by atoms with Gasteiger partial charge in [-0.1, -0.05) is 43.7 Å². The number of nitrogens with zero attached hydrogens (tertiary/aromatic N) is 1. The first-order valence-electron chi connectivity index (χ1n) is 9.25. The Morgan fingerprint density at radius 3 is 2.54 bits per heavy atom. The number of H-pyrrole nitrogens is 1. The van der Waals surface area contributed by atoms with Crippen molar-refractivity contribution >= 4 is 11.9 Å². The number of carbonyl (C=O) groups excluding carboxylic acids is 2. The highest BCUT2D eigenvalue weighted by atomic mass is 16.5. The number of amides is 1. The summed E-state index contributed by atoms with van der Waals surface area (Å²) in [5.74, 6) is -1.02. The van der Waals surface area contributed by atoms with Crippen molar-refractivity contribution in [3.63, 3.8) is 0 Å². The molecule has 0 bridgehead atoms. The van der Waals surface area contributed by atoms with Crippen LogP contribution in [0, 0.1) is 0 Å². The predicted octanol–water partition coefficient (Wildman–Crippen LogP) is 1.52. The molecule has 8 nitrogen and oxygen atoms in total. The summed E-state index contributed by atoms with van der Waals surface area (Å²) < 4.78 is 6.19. The molecule has 2 N–H and O–H groups in total. The zero-order chi connectivity index (χ0) is 20.5. The van der Waals surface area contributed by atoms with E-state index in [1.807, 2.05) is 37.3 Å². The molecule has 0 fully saturated rings. The molecule has 0 aliphatic rings. The SMILES string of the molecule is CCC[C@H](NC(=O)[C@@H](C)OC(=O)CCn1[nH]c(=O)ccc1=O)c1ccccc1. The minimum atomic E-state index is -0.970. The first-order valence-corrected chi connectivity index (χ1v) is 9.25. The average molecular weight is 387 g/mol. The summed E-state index contributed by atoms with van der Waals surface area (Å²) in [5.41, 5.74) is 0.121. The van der Waals surface area contributed by atoms with E-state index in [1.165, 1.54) is 6.92 Å². The number of nitrogens with one attached hydrogen (secondary N) is 2. The minimum Gasteiger partial charge on any atom is -0.452 e. The van der Waals surface area contributed by atoms with E-state index < -0.39 is 23.2 Å². The molecule has 2 aromatic rings. The number of benzene rings is 1.